The number of ether oxygens (including phenoxy) is 3. The van der Waals surface area contributed by atoms with Gasteiger partial charge in [0, 0.05) is 25.0 Å². The molecule has 2 heterocycles. The van der Waals surface area contributed by atoms with Crippen molar-refractivity contribution in [2.45, 2.75) is 70.1 Å². The predicted octanol–water partition coefficient (Wildman–Crippen LogP) is 3.89. The predicted molar refractivity (Wildman–Crippen MR) is 116 cm³/mol. The number of amides is 2. The molecule has 1 aromatic carbocycles. The summed E-state index contributed by atoms with van der Waals surface area (Å²) in [6.45, 7) is 3.44. The van der Waals surface area contributed by atoms with Crippen molar-refractivity contribution in [3.63, 3.8) is 0 Å². The Morgan fingerprint density at radius 1 is 1.16 bits per heavy atom. The van der Waals surface area contributed by atoms with Gasteiger partial charge in [0.2, 0.25) is 5.91 Å². The van der Waals surface area contributed by atoms with Gasteiger partial charge in [-0.2, -0.15) is 0 Å². The second kappa shape index (κ2) is 8.97. The van der Waals surface area contributed by atoms with Gasteiger partial charge in [-0.05, 0) is 68.1 Å². The average Bonchev–Trinajstić information content (AvgIpc) is 3.14. The van der Waals surface area contributed by atoms with Gasteiger partial charge in [0.05, 0.1) is 14.2 Å². The molecule has 0 aromatic heterocycles. The minimum absolute atomic E-state index is 0.0109. The number of carbonyl (C=O) groups excluding carboxylic acids is 2. The Morgan fingerprint density at radius 3 is 2.74 bits per heavy atom. The molecule has 4 rings (SSSR count). The SMILES string of the molecule is COc1ccc(CNC(=O)O[C@H]2CC[C@@]34CCCN3C(=O)CCC[C@H]4[C@H]2C)cc1OC. The number of methoxy groups -OCH3 is 2. The molecule has 0 unspecified atom stereocenters. The summed E-state index contributed by atoms with van der Waals surface area (Å²) in [5.74, 6) is 2.25. The Morgan fingerprint density at radius 2 is 1.97 bits per heavy atom. The van der Waals surface area contributed by atoms with E-state index in [-0.39, 0.29) is 17.6 Å². The molecule has 1 saturated carbocycles. The Labute approximate surface area is 184 Å². The maximum atomic E-state index is 12.6. The molecular weight excluding hydrogens is 396 g/mol. The fourth-order valence-electron chi connectivity index (χ4n) is 6.16. The number of hydrogen-bond acceptors (Lipinski definition) is 5. The normalized spacial score (nSPS) is 30.1. The van der Waals surface area contributed by atoms with E-state index in [4.69, 9.17) is 14.2 Å². The number of rotatable bonds is 5. The zero-order chi connectivity index (χ0) is 22.0. The molecule has 1 spiro atoms. The van der Waals surface area contributed by atoms with Gasteiger partial charge in [-0.1, -0.05) is 13.0 Å². The van der Waals surface area contributed by atoms with Crippen LogP contribution in [-0.4, -0.2) is 49.3 Å². The van der Waals surface area contributed by atoms with Gasteiger partial charge < -0.3 is 24.4 Å². The maximum absolute atomic E-state index is 12.6. The summed E-state index contributed by atoms with van der Waals surface area (Å²) in [6.07, 6.45) is 6.04. The largest absolute Gasteiger partial charge is 0.493 e. The highest BCUT2D eigenvalue weighted by Crippen LogP contribution is 2.52. The summed E-state index contributed by atoms with van der Waals surface area (Å²) in [7, 11) is 3.19. The third-order valence-electron chi connectivity index (χ3n) is 7.65. The topological polar surface area (TPSA) is 77.1 Å². The van der Waals surface area contributed by atoms with Crippen LogP contribution in [0.4, 0.5) is 4.79 Å². The lowest BCUT2D eigenvalue weighted by Crippen LogP contribution is -2.58. The van der Waals surface area contributed by atoms with Gasteiger partial charge >= 0.3 is 6.09 Å². The Balaban J connectivity index is 1.37. The van der Waals surface area contributed by atoms with E-state index in [0.29, 0.717) is 36.3 Å². The molecule has 1 aromatic rings. The zero-order valence-electron chi connectivity index (χ0n) is 18.8. The number of carbonyl (C=O) groups is 2. The van der Waals surface area contributed by atoms with Gasteiger partial charge in [0.25, 0.3) is 0 Å². The van der Waals surface area contributed by atoms with Crippen LogP contribution in [0.1, 0.15) is 57.4 Å². The zero-order valence-corrected chi connectivity index (χ0v) is 18.8. The number of nitrogens with zero attached hydrogens (tertiary/aromatic N) is 1. The van der Waals surface area contributed by atoms with Crippen LogP contribution in [0.5, 0.6) is 11.5 Å². The number of alkyl carbamates (subject to hydrolysis) is 1. The summed E-state index contributed by atoms with van der Waals surface area (Å²) in [6, 6.07) is 5.57. The lowest BCUT2D eigenvalue weighted by atomic mass is 9.64. The Bertz CT molecular complexity index is 828. The number of benzene rings is 1. The summed E-state index contributed by atoms with van der Waals surface area (Å²) in [5.41, 5.74) is 0.900. The molecule has 7 nitrogen and oxygen atoms in total. The van der Waals surface area contributed by atoms with E-state index in [1.165, 1.54) is 0 Å². The van der Waals surface area contributed by atoms with Gasteiger partial charge in [0.1, 0.15) is 6.10 Å². The monoisotopic (exact) mass is 430 g/mol. The van der Waals surface area contributed by atoms with E-state index < -0.39 is 6.09 Å². The first-order valence-corrected chi connectivity index (χ1v) is 11.4. The molecule has 2 saturated heterocycles. The molecule has 3 fully saturated rings. The first-order chi connectivity index (χ1) is 15.0. The smallest absolute Gasteiger partial charge is 0.407 e. The highest BCUT2D eigenvalue weighted by molar-refractivity contribution is 5.78. The van der Waals surface area contributed by atoms with Crippen molar-refractivity contribution in [2.75, 3.05) is 20.8 Å². The molecule has 2 amide bonds. The standard InChI is InChI=1S/C24H34N2O5/c1-16-18-6-4-7-22(27)26-13-5-11-24(18,26)12-10-19(16)31-23(28)25-15-17-8-9-20(29-2)21(14-17)30-3/h8-9,14,16,18-19H,4-7,10-13,15H2,1-3H3,(H,25,28)/t16-,18+,19+,24-/m1/s1. The molecule has 1 aliphatic carbocycles. The lowest BCUT2D eigenvalue weighted by Gasteiger charge is -2.51. The van der Waals surface area contributed by atoms with Gasteiger partial charge in [0.15, 0.2) is 11.5 Å². The van der Waals surface area contributed by atoms with Crippen molar-refractivity contribution in [1.29, 1.82) is 0 Å². The molecule has 0 radical (unpaired) electrons. The summed E-state index contributed by atoms with van der Waals surface area (Å²) in [5, 5.41) is 2.87. The lowest BCUT2D eigenvalue weighted by molar-refractivity contribution is -0.140. The van der Waals surface area contributed by atoms with Crippen molar-refractivity contribution >= 4 is 12.0 Å². The quantitative estimate of drug-likeness (QED) is 0.767. The van der Waals surface area contributed by atoms with Crippen molar-refractivity contribution in [3.05, 3.63) is 23.8 Å². The molecule has 170 valence electrons. The van der Waals surface area contributed by atoms with E-state index in [1.807, 2.05) is 18.2 Å². The fraction of sp³-hybridized carbons (Fsp3) is 0.667. The van der Waals surface area contributed by atoms with Gasteiger partial charge in [-0.3, -0.25) is 4.79 Å². The molecule has 0 bridgehead atoms. The second-order valence-corrected chi connectivity index (χ2v) is 9.14. The minimum Gasteiger partial charge on any atom is -0.493 e. The number of nitrogens with one attached hydrogen (secondary N) is 1. The third kappa shape index (κ3) is 4.06. The fourth-order valence-corrected chi connectivity index (χ4v) is 6.16. The third-order valence-corrected chi connectivity index (χ3v) is 7.65. The molecule has 3 aliphatic rings. The Hall–Kier alpha value is -2.44. The Kier molecular flexibility index (Phi) is 6.30. The van der Waals surface area contributed by atoms with Crippen LogP contribution in [0, 0.1) is 11.8 Å². The van der Waals surface area contributed by atoms with Crippen LogP contribution in [-0.2, 0) is 16.1 Å². The highest BCUT2D eigenvalue weighted by Gasteiger charge is 2.55. The summed E-state index contributed by atoms with van der Waals surface area (Å²) < 4.78 is 16.5. The van der Waals surface area contributed by atoms with Crippen LogP contribution < -0.4 is 14.8 Å². The van der Waals surface area contributed by atoms with Crippen molar-refractivity contribution in [2.24, 2.45) is 11.8 Å². The molecule has 31 heavy (non-hydrogen) atoms. The molecule has 4 atom stereocenters. The van der Waals surface area contributed by atoms with Crippen LogP contribution >= 0.6 is 0 Å². The first-order valence-electron chi connectivity index (χ1n) is 11.4. The summed E-state index contributed by atoms with van der Waals surface area (Å²) in [4.78, 5) is 27.4. The van der Waals surface area contributed by atoms with E-state index in [0.717, 1.165) is 50.6 Å². The van der Waals surface area contributed by atoms with Crippen LogP contribution in [0.25, 0.3) is 0 Å². The molecule has 2 aliphatic heterocycles. The van der Waals surface area contributed by atoms with Crippen LogP contribution in [0.15, 0.2) is 18.2 Å². The van der Waals surface area contributed by atoms with Crippen molar-refractivity contribution in [1.82, 2.24) is 10.2 Å². The average molecular weight is 431 g/mol. The van der Waals surface area contributed by atoms with Gasteiger partial charge in [-0.25, -0.2) is 4.79 Å². The van der Waals surface area contributed by atoms with Crippen molar-refractivity contribution in [3.8, 4) is 11.5 Å². The van der Waals surface area contributed by atoms with E-state index in [9.17, 15) is 9.59 Å². The van der Waals surface area contributed by atoms with Crippen LogP contribution in [0.2, 0.25) is 0 Å². The molecule has 1 N–H and O–H groups in total. The summed E-state index contributed by atoms with van der Waals surface area (Å²) >= 11 is 0. The van der Waals surface area contributed by atoms with E-state index in [1.54, 1.807) is 14.2 Å². The molecular formula is C24H34N2O5. The minimum atomic E-state index is -0.393. The van der Waals surface area contributed by atoms with Crippen molar-refractivity contribution < 1.29 is 23.8 Å². The highest BCUT2D eigenvalue weighted by atomic mass is 16.6. The van der Waals surface area contributed by atoms with Crippen LogP contribution in [0.3, 0.4) is 0 Å². The van der Waals surface area contributed by atoms with E-state index in [2.05, 4.69) is 17.1 Å². The second-order valence-electron chi connectivity index (χ2n) is 9.14. The first kappa shape index (κ1) is 21.8. The number of hydrogen-bond donors (Lipinski definition) is 1. The van der Waals surface area contributed by atoms with E-state index >= 15 is 0 Å². The van der Waals surface area contributed by atoms with Gasteiger partial charge in [-0.15, -0.1) is 0 Å². The maximum Gasteiger partial charge on any atom is 0.407 e. The molecule has 7 heteroatoms.